The summed E-state index contributed by atoms with van der Waals surface area (Å²) in [6.45, 7) is 4.32. The van der Waals surface area contributed by atoms with Gasteiger partial charge in [0.25, 0.3) is 0 Å². The number of hydrogen-bond donors (Lipinski definition) is 1. The van der Waals surface area contributed by atoms with Gasteiger partial charge in [-0.2, -0.15) is 0 Å². The van der Waals surface area contributed by atoms with Gasteiger partial charge < -0.3 is 15.4 Å². The van der Waals surface area contributed by atoms with E-state index in [1.165, 1.54) is 12.8 Å². The number of hydrogen-bond acceptors (Lipinski definition) is 5. The van der Waals surface area contributed by atoms with Crippen LogP contribution in [-0.4, -0.2) is 35.3 Å². The van der Waals surface area contributed by atoms with Crippen molar-refractivity contribution in [2.75, 3.05) is 18.0 Å². The van der Waals surface area contributed by atoms with Crippen LogP contribution in [-0.2, 0) is 11.3 Å². The quantitative estimate of drug-likeness (QED) is 0.812. The van der Waals surface area contributed by atoms with E-state index < -0.39 is 0 Å². The number of nitrogens with two attached hydrogens (primary N) is 1. The number of rotatable bonds is 2. The Morgan fingerprint density at radius 1 is 1.41 bits per heavy atom. The molecule has 3 rings (SSSR count). The van der Waals surface area contributed by atoms with Crippen LogP contribution in [0.1, 0.15) is 24.1 Å². The topological polar surface area (TPSA) is 64.3 Å². The van der Waals surface area contributed by atoms with Gasteiger partial charge >= 0.3 is 0 Å². The average Bonchev–Trinajstić information content (AvgIpc) is 2.68. The summed E-state index contributed by atoms with van der Waals surface area (Å²) in [5.41, 5.74) is 7.62. The molecule has 17 heavy (non-hydrogen) atoms. The van der Waals surface area contributed by atoms with Crippen LogP contribution in [0.25, 0.3) is 0 Å². The molecule has 3 heterocycles. The Balaban J connectivity index is 1.82. The molecule has 5 nitrogen and oxygen atoms in total. The molecule has 2 atom stereocenters. The minimum Gasteiger partial charge on any atom is -0.371 e. The predicted molar refractivity (Wildman–Crippen MR) is 64.8 cm³/mol. The molecule has 2 bridgehead atoms. The van der Waals surface area contributed by atoms with Crippen molar-refractivity contribution >= 4 is 5.95 Å². The van der Waals surface area contributed by atoms with Crippen LogP contribution < -0.4 is 10.6 Å². The van der Waals surface area contributed by atoms with Gasteiger partial charge in [-0.15, -0.1) is 0 Å². The minimum atomic E-state index is 0.367. The molecule has 2 aliphatic heterocycles. The van der Waals surface area contributed by atoms with Crippen molar-refractivity contribution in [3.8, 4) is 0 Å². The van der Waals surface area contributed by atoms with Gasteiger partial charge in [-0.25, -0.2) is 9.97 Å². The maximum absolute atomic E-state index is 5.81. The van der Waals surface area contributed by atoms with Crippen molar-refractivity contribution in [1.82, 2.24) is 9.97 Å². The standard InChI is InChI=1S/C12H18N4O/c1-8-9(4-13)5-14-12(15-8)16-6-10-2-3-11(7-16)17-10/h5,10-11H,2-4,6-7,13H2,1H3. The zero-order valence-corrected chi connectivity index (χ0v) is 10.1. The molecule has 0 saturated carbocycles. The van der Waals surface area contributed by atoms with Crippen LogP contribution in [0.3, 0.4) is 0 Å². The number of aromatic nitrogens is 2. The van der Waals surface area contributed by atoms with Crippen molar-refractivity contribution in [3.63, 3.8) is 0 Å². The fourth-order valence-corrected chi connectivity index (χ4v) is 2.61. The minimum absolute atomic E-state index is 0.367. The molecule has 92 valence electrons. The molecule has 2 aliphatic rings. The Bertz CT molecular complexity index is 411. The summed E-state index contributed by atoms with van der Waals surface area (Å²) in [6, 6.07) is 0. The molecule has 0 amide bonds. The highest BCUT2D eigenvalue weighted by Gasteiger charge is 2.34. The number of ether oxygens (including phenoxy) is 1. The van der Waals surface area contributed by atoms with Crippen LogP contribution in [0.2, 0.25) is 0 Å². The molecule has 2 unspecified atom stereocenters. The molecule has 1 aromatic heterocycles. The van der Waals surface area contributed by atoms with Crippen molar-refractivity contribution in [1.29, 1.82) is 0 Å². The molecule has 5 heteroatoms. The van der Waals surface area contributed by atoms with Gasteiger partial charge in [0.15, 0.2) is 0 Å². The highest BCUT2D eigenvalue weighted by Crippen LogP contribution is 2.28. The third-order valence-corrected chi connectivity index (χ3v) is 3.61. The number of fused-ring (bicyclic) bond motifs is 2. The second kappa shape index (κ2) is 4.23. The van der Waals surface area contributed by atoms with Crippen molar-refractivity contribution in [2.24, 2.45) is 5.73 Å². The van der Waals surface area contributed by atoms with Crippen LogP contribution in [0, 0.1) is 6.92 Å². The van der Waals surface area contributed by atoms with Gasteiger partial charge in [-0.3, -0.25) is 0 Å². The smallest absolute Gasteiger partial charge is 0.225 e. The molecule has 0 radical (unpaired) electrons. The van der Waals surface area contributed by atoms with E-state index in [-0.39, 0.29) is 0 Å². The third-order valence-electron chi connectivity index (χ3n) is 3.61. The van der Waals surface area contributed by atoms with E-state index in [4.69, 9.17) is 10.5 Å². The second-order valence-corrected chi connectivity index (χ2v) is 4.85. The first-order valence-corrected chi connectivity index (χ1v) is 6.19. The van der Waals surface area contributed by atoms with Gasteiger partial charge in [-0.1, -0.05) is 0 Å². The number of morpholine rings is 1. The summed E-state index contributed by atoms with van der Waals surface area (Å²) in [4.78, 5) is 11.2. The Morgan fingerprint density at radius 2 is 2.12 bits per heavy atom. The lowest BCUT2D eigenvalue weighted by atomic mass is 10.2. The monoisotopic (exact) mass is 234 g/mol. The third kappa shape index (κ3) is 2.00. The highest BCUT2D eigenvalue weighted by atomic mass is 16.5. The first-order chi connectivity index (χ1) is 8.26. The van der Waals surface area contributed by atoms with E-state index >= 15 is 0 Å². The maximum atomic E-state index is 5.81. The van der Waals surface area contributed by atoms with E-state index in [0.717, 1.165) is 30.3 Å². The molecule has 0 spiro atoms. The molecular formula is C12H18N4O. The van der Waals surface area contributed by atoms with Crippen molar-refractivity contribution < 1.29 is 4.74 Å². The normalized spacial score (nSPS) is 27.5. The Morgan fingerprint density at radius 3 is 2.71 bits per heavy atom. The van der Waals surface area contributed by atoms with E-state index in [1.54, 1.807) is 0 Å². The van der Waals surface area contributed by atoms with Crippen LogP contribution in [0.5, 0.6) is 0 Å². The summed E-state index contributed by atoms with van der Waals surface area (Å²) in [5.74, 6) is 0.819. The SMILES string of the molecule is Cc1nc(N2CC3CCC(C2)O3)ncc1CN. The molecule has 1 aromatic rings. The zero-order valence-electron chi connectivity index (χ0n) is 10.1. The molecule has 0 aliphatic carbocycles. The lowest BCUT2D eigenvalue weighted by Crippen LogP contribution is -2.43. The number of aryl methyl sites for hydroxylation is 1. The zero-order chi connectivity index (χ0) is 11.8. The van der Waals surface area contributed by atoms with E-state index in [9.17, 15) is 0 Å². The van der Waals surface area contributed by atoms with Crippen molar-refractivity contribution in [3.05, 3.63) is 17.5 Å². The Labute approximate surface area is 101 Å². The maximum Gasteiger partial charge on any atom is 0.225 e. The molecule has 0 aromatic carbocycles. The Kier molecular flexibility index (Phi) is 2.72. The van der Waals surface area contributed by atoms with E-state index in [2.05, 4.69) is 14.9 Å². The van der Waals surface area contributed by atoms with Crippen LogP contribution in [0.15, 0.2) is 6.20 Å². The van der Waals surface area contributed by atoms with Crippen LogP contribution >= 0.6 is 0 Å². The van der Waals surface area contributed by atoms with Gasteiger partial charge in [-0.05, 0) is 19.8 Å². The van der Waals surface area contributed by atoms with E-state index in [0.29, 0.717) is 18.8 Å². The summed E-state index contributed by atoms with van der Waals surface area (Å²) in [5, 5.41) is 0. The van der Waals surface area contributed by atoms with E-state index in [1.807, 2.05) is 13.1 Å². The van der Waals surface area contributed by atoms with Gasteiger partial charge in [0.2, 0.25) is 5.95 Å². The average molecular weight is 234 g/mol. The number of nitrogens with zero attached hydrogens (tertiary/aromatic N) is 3. The predicted octanol–water partition coefficient (Wildman–Crippen LogP) is 0.611. The lowest BCUT2D eigenvalue weighted by molar-refractivity contribution is 0.0299. The Hall–Kier alpha value is -1.20. The first kappa shape index (κ1) is 10.9. The molecule has 2 fully saturated rings. The largest absolute Gasteiger partial charge is 0.371 e. The molecule has 2 saturated heterocycles. The number of anilines is 1. The molecule has 2 N–H and O–H groups in total. The summed E-state index contributed by atoms with van der Waals surface area (Å²) < 4.78 is 5.81. The van der Waals surface area contributed by atoms with Crippen LogP contribution in [0.4, 0.5) is 5.95 Å². The lowest BCUT2D eigenvalue weighted by Gasteiger charge is -2.32. The summed E-state index contributed by atoms with van der Waals surface area (Å²) in [7, 11) is 0. The van der Waals surface area contributed by atoms with Gasteiger partial charge in [0.05, 0.1) is 12.2 Å². The highest BCUT2D eigenvalue weighted by molar-refractivity contribution is 5.34. The fraction of sp³-hybridized carbons (Fsp3) is 0.667. The second-order valence-electron chi connectivity index (χ2n) is 4.85. The summed E-state index contributed by atoms with van der Waals surface area (Å²) in [6.07, 6.45) is 4.91. The van der Waals surface area contributed by atoms with Gasteiger partial charge in [0, 0.05) is 37.1 Å². The fourth-order valence-electron chi connectivity index (χ4n) is 2.61. The summed E-state index contributed by atoms with van der Waals surface area (Å²) >= 11 is 0. The molecular weight excluding hydrogens is 216 g/mol. The van der Waals surface area contributed by atoms with Gasteiger partial charge in [0.1, 0.15) is 0 Å². The first-order valence-electron chi connectivity index (χ1n) is 6.19. The van der Waals surface area contributed by atoms with Crippen molar-refractivity contribution in [2.45, 2.75) is 38.5 Å².